The Hall–Kier alpha value is -3.54. The van der Waals surface area contributed by atoms with Gasteiger partial charge in [0, 0.05) is 20.6 Å². The Balaban J connectivity index is 2.26. The summed E-state index contributed by atoms with van der Waals surface area (Å²) in [5.74, 6) is -0.499. The average Bonchev–Trinajstić information content (AvgIpc) is 2.61. The summed E-state index contributed by atoms with van der Waals surface area (Å²) >= 11 is 0. The van der Waals surface area contributed by atoms with Gasteiger partial charge in [0.15, 0.2) is 11.4 Å². The van der Waals surface area contributed by atoms with E-state index in [1.165, 1.54) is 17.0 Å². The van der Waals surface area contributed by atoms with Crippen LogP contribution in [0, 0.1) is 11.3 Å². The van der Waals surface area contributed by atoms with Crippen LogP contribution in [0.15, 0.2) is 21.7 Å². The number of hydrogen-bond donors (Lipinski definition) is 2. The highest BCUT2D eigenvalue weighted by Crippen LogP contribution is 2.41. The maximum Gasteiger partial charge on any atom is 0.308 e. The first-order valence-electron chi connectivity index (χ1n) is 7.49. The van der Waals surface area contributed by atoms with Gasteiger partial charge in [-0.25, -0.2) is 4.68 Å². The van der Waals surface area contributed by atoms with E-state index in [9.17, 15) is 19.6 Å². The number of aromatic amines is 1. The first kappa shape index (κ1) is 16.3. The molecule has 0 bridgehead atoms. The molecule has 0 saturated carbocycles. The van der Waals surface area contributed by atoms with Gasteiger partial charge in [-0.05, 0) is 19.1 Å². The van der Waals surface area contributed by atoms with Crippen LogP contribution in [0.1, 0.15) is 22.8 Å². The standard InChI is InChI=1S/C16H15N5O4/c1-4-21-16(24)11-13(14(22)19-21)25-12-9(15(23)20(2)3)5-8(7-17)6-10(12)18-11/h5-6,18H,4H2,1-3H3,(H,19,22). The van der Waals surface area contributed by atoms with Crippen LogP contribution in [0.4, 0.5) is 11.4 Å². The lowest BCUT2D eigenvalue weighted by molar-refractivity contribution is 0.0825. The lowest BCUT2D eigenvalue weighted by Gasteiger charge is -2.24. The minimum Gasteiger partial charge on any atom is -0.446 e. The smallest absolute Gasteiger partial charge is 0.308 e. The number of benzene rings is 1. The molecule has 2 heterocycles. The third kappa shape index (κ3) is 2.53. The molecule has 0 atom stereocenters. The van der Waals surface area contributed by atoms with Crippen molar-refractivity contribution in [1.82, 2.24) is 14.7 Å². The van der Waals surface area contributed by atoms with Crippen molar-refractivity contribution in [2.75, 3.05) is 19.4 Å². The Morgan fingerprint density at radius 2 is 2.04 bits per heavy atom. The number of nitrogens with one attached hydrogen (secondary N) is 2. The van der Waals surface area contributed by atoms with Crippen molar-refractivity contribution in [1.29, 1.82) is 5.26 Å². The molecule has 0 saturated heterocycles. The van der Waals surface area contributed by atoms with E-state index in [1.54, 1.807) is 21.0 Å². The summed E-state index contributed by atoms with van der Waals surface area (Å²) < 4.78 is 6.76. The third-order valence-electron chi connectivity index (χ3n) is 3.76. The number of aryl methyl sites for hydroxylation is 1. The van der Waals surface area contributed by atoms with Gasteiger partial charge in [-0.2, -0.15) is 5.26 Å². The van der Waals surface area contributed by atoms with Gasteiger partial charge in [0.2, 0.25) is 5.75 Å². The third-order valence-corrected chi connectivity index (χ3v) is 3.76. The fraction of sp³-hybridized carbons (Fsp3) is 0.250. The Morgan fingerprint density at radius 3 is 2.64 bits per heavy atom. The number of aromatic nitrogens is 2. The molecule has 1 aliphatic heterocycles. The lowest BCUT2D eigenvalue weighted by atomic mass is 10.1. The number of ether oxygens (including phenoxy) is 1. The van der Waals surface area contributed by atoms with Crippen molar-refractivity contribution in [3.8, 4) is 17.6 Å². The number of nitriles is 1. The molecule has 9 nitrogen and oxygen atoms in total. The molecule has 0 fully saturated rings. The number of H-pyrrole nitrogens is 1. The molecule has 2 N–H and O–H groups in total. The Kier molecular flexibility index (Phi) is 3.81. The number of rotatable bonds is 2. The Morgan fingerprint density at radius 1 is 1.32 bits per heavy atom. The summed E-state index contributed by atoms with van der Waals surface area (Å²) in [6, 6.07) is 4.81. The predicted molar refractivity (Wildman–Crippen MR) is 89.5 cm³/mol. The number of nitrogens with zero attached hydrogens (tertiary/aromatic N) is 3. The molecule has 3 rings (SSSR count). The van der Waals surface area contributed by atoms with Crippen molar-refractivity contribution in [3.05, 3.63) is 44.0 Å². The van der Waals surface area contributed by atoms with Crippen molar-refractivity contribution < 1.29 is 9.53 Å². The monoisotopic (exact) mass is 341 g/mol. The van der Waals surface area contributed by atoms with Crippen LogP contribution in [-0.2, 0) is 6.54 Å². The highest BCUT2D eigenvalue weighted by molar-refractivity contribution is 6.00. The summed E-state index contributed by atoms with van der Waals surface area (Å²) in [4.78, 5) is 38.3. The van der Waals surface area contributed by atoms with Gasteiger partial charge >= 0.3 is 5.56 Å². The van der Waals surface area contributed by atoms with E-state index in [-0.39, 0.29) is 40.5 Å². The second-order valence-corrected chi connectivity index (χ2v) is 5.63. The Bertz CT molecular complexity index is 1040. The first-order valence-corrected chi connectivity index (χ1v) is 7.49. The number of carbonyl (C=O) groups excluding carboxylic acids is 1. The molecule has 0 unspecified atom stereocenters. The van der Waals surface area contributed by atoms with Crippen molar-refractivity contribution in [2.45, 2.75) is 13.5 Å². The number of fused-ring (bicyclic) bond motifs is 2. The second kappa shape index (κ2) is 5.83. The normalized spacial score (nSPS) is 11.4. The predicted octanol–water partition coefficient (Wildman–Crippen LogP) is 0.979. The SMILES string of the molecule is CCn1[nH]c(=O)c2c(c1=O)Nc1cc(C#N)cc(C(=O)N(C)C)c1O2. The molecular formula is C16H15N5O4. The fourth-order valence-electron chi connectivity index (χ4n) is 2.53. The number of amides is 1. The average molecular weight is 341 g/mol. The summed E-state index contributed by atoms with van der Waals surface area (Å²) in [5.41, 5.74) is -0.466. The highest BCUT2D eigenvalue weighted by atomic mass is 16.5. The summed E-state index contributed by atoms with van der Waals surface area (Å²) in [6.07, 6.45) is 0. The molecule has 1 aromatic carbocycles. The van der Waals surface area contributed by atoms with E-state index in [0.29, 0.717) is 0 Å². The van der Waals surface area contributed by atoms with Gasteiger partial charge in [0.05, 0.1) is 22.9 Å². The van der Waals surface area contributed by atoms with Crippen LogP contribution >= 0.6 is 0 Å². The largest absolute Gasteiger partial charge is 0.446 e. The molecule has 128 valence electrons. The zero-order valence-corrected chi connectivity index (χ0v) is 13.8. The van der Waals surface area contributed by atoms with E-state index >= 15 is 0 Å². The van der Waals surface area contributed by atoms with Crippen LogP contribution in [0.2, 0.25) is 0 Å². The van der Waals surface area contributed by atoms with Gasteiger partial charge in [0.25, 0.3) is 11.5 Å². The van der Waals surface area contributed by atoms with E-state index < -0.39 is 17.0 Å². The summed E-state index contributed by atoms with van der Waals surface area (Å²) in [5, 5.41) is 14.4. The van der Waals surface area contributed by atoms with Crippen molar-refractivity contribution in [3.63, 3.8) is 0 Å². The Labute approximate surface area is 142 Å². The molecule has 9 heteroatoms. The number of carbonyl (C=O) groups is 1. The zero-order valence-electron chi connectivity index (χ0n) is 13.8. The molecule has 0 radical (unpaired) electrons. The molecule has 0 aliphatic carbocycles. The van der Waals surface area contributed by atoms with E-state index in [0.717, 1.165) is 4.68 Å². The zero-order chi connectivity index (χ0) is 18.3. The summed E-state index contributed by atoms with van der Waals surface area (Å²) in [7, 11) is 3.12. The van der Waals surface area contributed by atoms with Gasteiger partial charge < -0.3 is 15.0 Å². The molecule has 0 spiro atoms. The van der Waals surface area contributed by atoms with Gasteiger partial charge in [-0.15, -0.1) is 0 Å². The van der Waals surface area contributed by atoms with E-state index in [4.69, 9.17) is 4.74 Å². The minimum absolute atomic E-state index is 0.0311. The minimum atomic E-state index is -0.595. The van der Waals surface area contributed by atoms with Gasteiger partial charge in [-0.1, -0.05) is 0 Å². The van der Waals surface area contributed by atoms with Crippen LogP contribution in [-0.4, -0.2) is 34.7 Å². The maximum atomic E-state index is 12.4. The van der Waals surface area contributed by atoms with Crippen molar-refractivity contribution >= 4 is 17.3 Å². The first-order chi connectivity index (χ1) is 11.9. The second-order valence-electron chi connectivity index (χ2n) is 5.63. The summed E-state index contributed by atoms with van der Waals surface area (Å²) in [6.45, 7) is 1.99. The lowest BCUT2D eigenvalue weighted by Crippen LogP contribution is -2.33. The van der Waals surface area contributed by atoms with Gasteiger partial charge in [0.1, 0.15) is 0 Å². The molecule has 1 aliphatic rings. The maximum absolute atomic E-state index is 12.4. The molecule has 1 aromatic heterocycles. The quantitative estimate of drug-likeness (QED) is 0.717. The van der Waals surface area contributed by atoms with E-state index in [1.807, 2.05) is 6.07 Å². The van der Waals surface area contributed by atoms with Crippen LogP contribution in [0.5, 0.6) is 11.5 Å². The van der Waals surface area contributed by atoms with Crippen LogP contribution in [0.3, 0.4) is 0 Å². The van der Waals surface area contributed by atoms with Crippen molar-refractivity contribution in [2.24, 2.45) is 0 Å². The molecule has 1 amide bonds. The topological polar surface area (TPSA) is 120 Å². The van der Waals surface area contributed by atoms with Gasteiger partial charge in [-0.3, -0.25) is 19.5 Å². The molecular weight excluding hydrogens is 326 g/mol. The van der Waals surface area contributed by atoms with Crippen LogP contribution < -0.4 is 21.2 Å². The van der Waals surface area contributed by atoms with E-state index in [2.05, 4.69) is 10.4 Å². The molecule has 25 heavy (non-hydrogen) atoms. The fourth-order valence-corrected chi connectivity index (χ4v) is 2.53. The highest BCUT2D eigenvalue weighted by Gasteiger charge is 2.29. The number of anilines is 2. The molecule has 2 aromatic rings. The number of hydrogen-bond acceptors (Lipinski definition) is 6. The van der Waals surface area contributed by atoms with Crippen LogP contribution in [0.25, 0.3) is 0 Å².